The third-order valence-corrected chi connectivity index (χ3v) is 5.03. The van der Waals surface area contributed by atoms with Crippen molar-refractivity contribution in [1.82, 2.24) is 34.6 Å². The smallest absolute Gasteiger partial charge is 0.407 e. The number of amides is 1. The molecular weight excluding hydrogens is 418 g/mol. The van der Waals surface area contributed by atoms with Crippen LogP contribution in [0.15, 0.2) is 18.6 Å². The van der Waals surface area contributed by atoms with Crippen molar-refractivity contribution in [3.8, 4) is 0 Å². The van der Waals surface area contributed by atoms with Crippen LogP contribution in [0.4, 0.5) is 22.4 Å². The van der Waals surface area contributed by atoms with E-state index in [1.807, 2.05) is 11.8 Å². The Kier molecular flexibility index (Phi) is 6.35. The van der Waals surface area contributed by atoms with E-state index < -0.39 is 6.09 Å². The molecule has 1 fully saturated rings. The molecule has 1 aliphatic heterocycles. The van der Waals surface area contributed by atoms with Crippen LogP contribution in [0, 0.1) is 0 Å². The van der Waals surface area contributed by atoms with Gasteiger partial charge in [-0.05, 0) is 13.0 Å². The second-order valence-corrected chi connectivity index (χ2v) is 6.97. The quantitative estimate of drug-likeness (QED) is 0.380. The molecule has 3 aromatic rings. The SMILES string of the molecule is CCOCCn1nc(C=O)c2nc(N3CCN(C(=O)O)CC3)nc(Nc3ccncn3)c21. The summed E-state index contributed by atoms with van der Waals surface area (Å²) in [6, 6.07) is 1.70. The van der Waals surface area contributed by atoms with E-state index in [2.05, 4.69) is 30.4 Å². The number of rotatable bonds is 8. The summed E-state index contributed by atoms with van der Waals surface area (Å²) in [5.41, 5.74) is 1.15. The molecule has 0 bridgehead atoms. The molecule has 0 aliphatic carbocycles. The van der Waals surface area contributed by atoms with E-state index >= 15 is 0 Å². The first-order valence-electron chi connectivity index (χ1n) is 10.2. The first-order chi connectivity index (χ1) is 15.6. The molecular formula is C19H23N9O4. The van der Waals surface area contributed by atoms with Gasteiger partial charge in [-0.2, -0.15) is 10.1 Å². The molecule has 4 rings (SSSR count). The number of nitrogens with zero attached hydrogens (tertiary/aromatic N) is 8. The van der Waals surface area contributed by atoms with Crippen LogP contribution in [-0.4, -0.2) is 91.5 Å². The number of piperazine rings is 1. The van der Waals surface area contributed by atoms with Crippen molar-refractivity contribution in [2.24, 2.45) is 0 Å². The number of carboxylic acid groups (broad SMARTS) is 1. The summed E-state index contributed by atoms with van der Waals surface area (Å²) < 4.78 is 7.09. The van der Waals surface area contributed by atoms with Crippen LogP contribution in [0.1, 0.15) is 17.4 Å². The standard InChI is InChI=1S/C19H23N9O4/c1-2-32-10-9-28-16-15(13(11-29)25-28)23-18(26-5-7-27(8-6-26)19(30)31)24-17(16)22-14-3-4-20-12-21-14/h3-4,11-12H,2,5-10H2,1H3,(H,30,31)(H,20,21,22,23,24). The lowest BCUT2D eigenvalue weighted by atomic mass is 10.3. The highest BCUT2D eigenvalue weighted by molar-refractivity contribution is 5.98. The lowest BCUT2D eigenvalue weighted by Crippen LogP contribution is -2.48. The summed E-state index contributed by atoms with van der Waals surface area (Å²) in [7, 11) is 0. The first kappa shape index (κ1) is 21.4. The van der Waals surface area contributed by atoms with E-state index in [-0.39, 0.29) is 5.69 Å². The Hall–Kier alpha value is -3.87. The molecule has 13 heteroatoms. The van der Waals surface area contributed by atoms with Crippen molar-refractivity contribution in [1.29, 1.82) is 0 Å². The van der Waals surface area contributed by atoms with Crippen molar-refractivity contribution in [2.45, 2.75) is 13.5 Å². The van der Waals surface area contributed by atoms with E-state index in [4.69, 9.17) is 4.74 Å². The summed E-state index contributed by atoms with van der Waals surface area (Å²) in [6.45, 7) is 4.82. The third-order valence-electron chi connectivity index (χ3n) is 5.03. The van der Waals surface area contributed by atoms with Gasteiger partial charge in [0.25, 0.3) is 0 Å². The summed E-state index contributed by atoms with van der Waals surface area (Å²) in [5.74, 6) is 1.33. The predicted octanol–water partition coefficient (Wildman–Crippen LogP) is 1.01. The zero-order chi connectivity index (χ0) is 22.5. The average molecular weight is 441 g/mol. The van der Waals surface area contributed by atoms with E-state index in [1.165, 1.54) is 11.2 Å². The van der Waals surface area contributed by atoms with Gasteiger partial charge in [0.05, 0.1) is 13.2 Å². The Morgan fingerprint density at radius 3 is 2.75 bits per heavy atom. The van der Waals surface area contributed by atoms with Crippen LogP contribution in [0.2, 0.25) is 0 Å². The maximum absolute atomic E-state index is 11.7. The topological polar surface area (TPSA) is 151 Å². The normalized spacial score (nSPS) is 14.0. The Morgan fingerprint density at radius 1 is 1.28 bits per heavy atom. The fraction of sp³-hybridized carbons (Fsp3) is 0.421. The Labute approximate surface area is 183 Å². The van der Waals surface area contributed by atoms with Crippen molar-refractivity contribution in [3.05, 3.63) is 24.3 Å². The van der Waals surface area contributed by atoms with Gasteiger partial charge in [0.2, 0.25) is 5.95 Å². The second-order valence-electron chi connectivity index (χ2n) is 6.97. The molecule has 1 saturated heterocycles. The molecule has 13 nitrogen and oxygen atoms in total. The van der Waals surface area contributed by atoms with Gasteiger partial charge in [-0.3, -0.25) is 9.48 Å². The number of nitrogens with one attached hydrogen (secondary N) is 1. The second kappa shape index (κ2) is 9.51. The molecule has 0 atom stereocenters. The highest BCUT2D eigenvalue weighted by Gasteiger charge is 2.25. The fourth-order valence-corrected chi connectivity index (χ4v) is 3.44. The number of fused-ring (bicyclic) bond motifs is 1. The van der Waals surface area contributed by atoms with Crippen molar-refractivity contribution < 1.29 is 19.4 Å². The molecule has 4 heterocycles. The Balaban J connectivity index is 1.75. The molecule has 0 unspecified atom stereocenters. The van der Waals surface area contributed by atoms with Gasteiger partial charge in [0, 0.05) is 39.0 Å². The van der Waals surface area contributed by atoms with Crippen LogP contribution >= 0.6 is 0 Å². The van der Waals surface area contributed by atoms with Gasteiger partial charge in [-0.1, -0.05) is 0 Å². The van der Waals surface area contributed by atoms with Gasteiger partial charge < -0.3 is 25.0 Å². The maximum atomic E-state index is 11.7. The zero-order valence-electron chi connectivity index (χ0n) is 17.5. The molecule has 1 amide bonds. The van der Waals surface area contributed by atoms with E-state index in [9.17, 15) is 14.7 Å². The van der Waals surface area contributed by atoms with Crippen molar-refractivity contribution in [3.63, 3.8) is 0 Å². The lowest BCUT2D eigenvalue weighted by molar-refractivity contribution is 0.111. The molecule has 168 valence electrons. The molecule has 2 N–H and O–H groups in total. The number of hydrogen-bond acceptors (Lipinski definition) is 10. The number of ether oxygens (including phenoxy) is 1. The van der Waals surface area contributed by atoms with E-state index in [0.717, 1.165) is 0 Å². The van der Waals surface area contributed by atoms with Crippen molar-refractivity contribution in [2.75, 3.05) is 49.6 Å². The van der Waals surface area contributed by atoms with Crippen LogP contribution in [0.3, 0.4) is 0 Å². The fourth-order valence-electron chi connectivity index (χ4n) is 3.44. The number of aldehydes is 1. The number of carbonyl (C=O) groups excluding carboxylic acids is 1. The van der Waals surface area contributed by atoms with Crippen molar-refractivity contribution >= 4 is 41.0 Å². The molecule has 0 radical (unpaired) electrons. The van der Waals surface area contributed by atoms with E-state index in [1.54, 1.807) is 16.9 Å². The van der Waals surface area contributed by atoms with Gasteiger partial charge >= 0.3 is 6.09 Å². The third kappa shape index (κ3) is 4.42. The minimum atomic E-state index is -0.953. The van der Waals surface area contributed by atoms with E-state index in [0.29, 0.717) is 80.8 Å². The molecule has 32 heavy (non-hydrogen) atoms. The molecule has 0 aromatic carbocycles. The largest absolute Gasteiger partial charge is 0.465 e. The first-order valence-corrected chi connectivity index (χ1v) is 10.2. The molecule has 0 saturated carbocycles. The molecule has 1 aliphatic rings. The zero-order valence-corrected chi connectivity index (χ0v) is 17.5. The average Bonchev–Trinajstić information content (AvgIpc) is 3.18. The Bertz CT molecular complexity index is 1100. The van der Waals surface area contributed by atoms with Gasteiger partial charge in [0.15, 0.2) is 17.8 Å². The van der Waals surface area contributed by atoms with Crippen LogP contribution in [-0.2, 0) is 11.3 Å². The Morgan fingerprint density at radius 2 is 2.09 bits per heavy atom. The monoisotopic (exact) mass is 441 g/mol. The minimum Gasteiger partial charge on any atom is -0.465 e. The maximum Gasteiger partial charge on any atom is 0.407 e. The summed E-state index contributed by atoms with van der Waals surface area (Å²) >= 11 is 0. The summed E-state index contributed by atoms with van der Waals surface area (Å²) in [5, 5.41) is 16.8. The number of aromatic nitrogens is 6. The van der Waals surface area contributed by atoms with Gasteiger partial charge in [-0.25, -0.2) is 19.7 Å². The van der Waals surface area contributed by atoms with Crippen LogP contribution < -0.4 is 10.2 Å². The number of anilines is 3. The lowest BCUT2D eigenvalue weighted by Gasteiger charge is -2.33. The van der Waals surface area contributed by atoms with Gasteiger partial charge in [0.1, 0.15) is 23.2 Å². The number of hydrogen-bond donors (Lipinski definition) is 2. The highest BCUT2D eigenvalue weighted by Crippen LogP contribution is 2.28. The minimum absolute atomic E-state index is 0.190. The molecule has 0 spiro atoms. The summed E-state index contributed by atoms with van der Waals surface area (Å²) in [6.07, 6.45) is 2.72. The highest BCUT2D eigenvalue weighted by atomic mass is 16.5. The van der Waals surface area contributed by atoms with Crippen LogP contribution in [0.5, 0.6) is 0 Å². The summed E-state index contributed by atoms with van der Waals surface area (Å²) in [4.78, 5) is 43.6. The van der Waals surface area contributed by atoms with Crippen LogP contribution in [0.25, 0.3) is 11.0 Å². The molecule has 3 aromatic heterocycles. The number of carbonyl (C=O) groups is 2. The predicted molar refractivity (Wildman–Crippen MR) is 114 cm³/mol. The van der Waals surface area contributed by atoms with Gasteiger partial charge in [-0.15, -0.1) is 0 Å².